The van der Waals surface area contributed by atoms with Crippen LogP contribution < -0.4 is 10.3 Å². The van der Waals surface area contributed by atoms with Crippen molar-refractivity contribution in [3.63, 3.8) is 0 Å². The predicted molar refractivity (Wildman–Crippen MR) is 111 cm³/mol. The second kappa shape index (κ2) is 7.95. The number of nitrogens with one attached hydrogen (secondary N) is 1. The molecule has 1 unspecified atom stereocenters. The maximum atomic E-state index is 12.6. The molecule has 0 radical (unpaired) electrons. The Hall–Kier alpha value is -3.13. The van der Waals surface area contributed by atoms with Gasteiger partial charge in [0.1, 0.15) is 17.5 Å². The predicted octanol–water partition coefficient (Wildman–Crippen LogP) is 2.37. The lowest BCUT2D eigenvalue weighted by Crippen LogP contribution is -2.42. The molecule has 5 rings (SSSR count). The highest BCUT2D eigenvalue weighted by Gasteiger charge is 2.26. The Bertz CT molecular complexity index is 1090. The summed E-state index contributed by atoms with van der Waals surface area (Å²) in [5, 5.41) is 7.26. The Morgan fingerprint density at radius 3 is 2.73 bits per heavy atom. The third-order valence-electron chi connectivity index (χ3n) is 5.94. The van der Waals surface area contributed by atoms with Crippen molar-refractivity contribution in [1.29, 1.82) is 0 Å². The minimum absolute atomic E-state index is 0.0568. The molecule has 1 N–H and O–H groups in total. The number of carbonyl (C=O) groups is 1. The number of hydrogen-bond donors (Lipinski definition) is 1. The van der Waals surface area contributed by atoms with Gasteiger partial charge in [0.2, 0.25) is 0 Å². The van der Waals surface area contributed by atoms with Crippen molar-refractivity contribution in [2.75, 3.05) is 26.3 Å². The van der Waals surface area contributed by atoms with E-state index in [4.69, 9.17) is 9.47 Å². The molecular weight excluding hydrogens is 384 g/mol. The maximum absolute atomic E-state index is 12.6. The van der Waals surface area contributed by atoms with Gasteiger partial charge >= 0.3 is 0 Å². The quantitative estimate of drug-likeness (QED) is 0.716. The standard InChI is InChI=1S/C22H24N4O4/c27-21-5-4-18(23-24-21)22(28)25-10-6-16(7-11-25)30-20-3-1-2-19-17(20)8-12-26(19)15-9-13-29-14-15/h1-5,8,12,15-16H,6-7,9-11,13-14H2,(H,24,27). The van der Waals surface area contributed by atoms with E-state index >= 15 is 0 Å². The van der Waals surface area contributed by atoms with Crippen molar-refractivity contribution in [2.24, 2.45) is 0 Å². The largest absolute Gasteiger partial charge is 0.490 e. The summed E-state index contributed by atoms with van der Waals surface area (Å²) in [5.41, 5.74) is 1.11. The van der Waals surface area contributed by atoms with Gasteiger partial charge in [0.05, 0.1) is 18.2 Å². The third kappa shape index (κ3) is 3.59. The number of ether oxygens (including phenoxy) is 2. The average molecular weight is 408 g/mol. The summed E-state index contributed by atoms with van der Waals surface area (Å²) in [5.74, 6) is 0.722. The number of likely N-dealkylation sites (tertiary alicyclic amines) is 1. The first kappa shape index (κ1) is 18.9. The normalized spacial score (nSPS) is 20.0. The van der Waals surface area contributed by atoms with E-state index in [9.17, 15) is 9.59 Å². The molecule has 2 aliphatic rings. The second-order valence-electron chi connectivity index (χ2n) is 7.85. The van der Waals surface area contributed by atoms with Gasteiger partial charge in [-0.15, -0.1) is 0 Å². The molecule has 2 aromatic heterocycles. The molecule has 2 saturated heterocycles. The number of piperidine rings is 1. The first-order valence-corrected chi connectivity index (χ1v) is 10.4. The lowest BCUT2D eigenvalue weighted by atomic mass is 10.1. The molecule has 1 amide bonds. The number of aromatic nitrogens is 3. The number of hydrogen-bond acceptors (Lipinski definition) is 5. The molecule has 0 bridgehead atoms. The molecule has 3 aromatic rings. The molecule has 30 heavy (non-hydrogen) atoms. The zero-order chi connectivity index (χ0) is 20.5. The Labute approximate surface area is 173 Å². The number of carbonyl (C=O) groups excluding carboxylic acids is 1. The topological polar surface area (TPSA) is 89.5 Å². The number of fused-ring (bicyclic) bond motifs is 1. The lowest BCUT2D eigenvalue weighted by Gasteiger charge is -2.32. The van der Waals surface area contributed by atoms with Crippen LogP contribution in [0.5, 0.6) is 5.75 Å². The summed E-state index contributed by atoms with van der Waals surface area (Å²) >= 11 is 0. The van der Waals surface area contributed by atoms with Gasteiger partial charge in [-0.25, -0.2) is 5.10 Å². The fourth-order valence-corrected chi connectivity index (χ4v) is 4.30. The molecule has 8 heteroatoms. The summed E-state index contributed by atoms with van der Waals surface area (Å²) in [6.45, 7) is 2.76. The van der Waals surface area contributed by atoms with Crippen LogP contribution in [0.3, 0.4) is 0 Å². The Morgan fingerprint density at radius 1 is 1.13 bits per heavy atom. The SMILES string of the molecule is O=C(c1ccc(=O)[nH]n1)N1CCC(Oc2cccc3c2ccn3C2CCOC2)CC1. The minimum Gasteiger partial charge on any atom is -0.490 e. The van der Waals surface area contributed by atoms with Crippen LogP contribution in [0.2, 0.25) is 0 Å². The number of nitrogens with zero attached hydrogens (tertiary/aromatic N) is 3. The molecule has 4 heterocycles. The van der Waals surface area contributed by atoms with E-state index in [1.807, 2.05) is 12.1 Å². The highest BCUT2D eigenvalue weighted by atomic mass is 16.5. The van der Waals surface area contributed by atoms with E-state index in [0.717, 1.165) is 43.6 Å². The molecule has 2 fully saturated rings. The number of aromatic amines is 1. The van der Waals surface area contributed by atoms with Crippen molar-refractivity contribution >= 4 is 16.8 Å². The molecule has 1 aromatic carbocycles. The monoisotopic (exact) mass is 408 g/mol. The van der Waals surface area contributed by atoms with Crippen LogP contribution in [0, 0.1) is 0 Å². The van der Waals surface area contributed by atoms with Gasteiger partial charge in [-0.3, -0.25) is 9.59 Å². The molecular formula is C22H24N4O4. The van der Waals surface area contributed by atoms with Gasteiger partial charge < -0.3 is 18.9 Å². The van der Waals surface area contributed by atoms with E-state index < -0.39 is 0 Å². The van der Waals surface area contributed by atoms with Gasteiger partial charge in [-0.1, -0.05) is 6.07 Å². The Kier molecular flexibility index (Phi) is 5.00. The highest BCUT2D eigenvalue weighted by molar-refractivity contribution is 5.92. The van der Waals surface area contributed by atoms with Gasteiger partial charge in [-0.2, -0.15) is 5.10 Å². The summed E-state index contributed by atoms with van der Waals surface area (Å²) in [7, 11) is 0. The molecule has 156 valence electrons. The lowest BCUT2D eigenvalue weighted by molar-refractivity contribution is 0.0591. The summed E-state index contributed by atoms with van der Waals surface area (Å²) in [6, 6.07) is 11.4. The van der Waals surface area contributed by atoms with Crippen molar-refractivity contribution in [2.45, 2.75) is 31.4 Å². The molecule has 0 spiro atoms. The van der Waals surface area contributed by atoms with Crippen LogP contribution >= 0.6 is 0 Å². The molecule has 0 saturated carbocycles. The van der Waals surface area contributed by atoms with Crippen LogP contribution in [0.4, 0.5) is 0 Å². The molecule has 8 nitrogen and oxygen atoms in total. The van der Waals surface area contributed by atoms with Crippen molar-refractivity contribution in [3.8, 4) is 5.75 Å². The molecule has 2 aliphatic heterocycles. The third-order valence-corrected chi connectivity index (χ3v) is 5.94. The van der Waals surface area contributed by atoms with Crippen LogP contribution in [-0.4, -0.2) is 58.0 Å². The van der Waals surface area contributed by atoms with E-state index in [0.29, 0.717) is 19.1 Å². The first-order chi connectivity index (χ1) is 14.7. The smallest absolute Gasteiger partial charge is 0.274 e. The summed E-state index contributed by atoms with van der Waals surface area (Å²) in [4.78, 5) is 25.5. The maximum Gasteiger partial charge on any atom is 0.274 e. The molecule has 0 aliphatic carbocycles. The van der Waals surface area contributed by atoms with Crippen LogP contribution in [-0.2, 0) is 4.74 Å². The fraction of sp³-hybridized carbons (Fsp3) is 0.409. The summed E-state index contributed by atoms with van der Waals surface area (Å²) in [6.07, 6.45) is 4.72. The average Bonchev–Trinajstić information content (AvgIpc) is 3.44. The number of amides is 1. The zero-order valence-corrected chi connectivity index (χ0v) is 16.6. The summed E-state index contributed by atoms with van der Waals surface area (Å²) < 4.78 is 14.2. The number of rotatable bonds is 4. The number of H-pyrrole nitrogens is 1. The van der Waals surface area contributed by atoms with E-state index in [1.54, 1.807) is 4.90 Å². The van der Waals surface area contributed by atoms with Crippen LogP contribution in [0.15, 0.2) is 47.4 Å². The zero-order valence-electron chi connectivity index (χ0n) is 16.6. The fourth-order valence-electron chi connectivity index (χ4n) is 4.30. The minimum atomic E-state index is -0.317. The Morgan fingerprint density at radius 2 is 2.00 bits per heavy atom. The van der Waals surface area contributed by atoms with Crippen molar-refractivity contribution < 1.29 is 14.3 Å². The van der Waals surface area contributed by atoms with E-state index in [-0.39, 0.29) is 23.3 Å². The van der Waals surface area contributed by atoms with Gasteiger partial charge in [0.15, 0.2) is 0 Å². The van der Waals surface area contributed by atoms with Crippen LogP contribution in [0.1, 0.15) is 35.8 Å². The second-order valence-corrected chi connectivity index (χ2v) is 7.85. The number of benzene rings is 1. The van der Waals surface area contributed by atoms with E-state index in [2.05, 4.69) is 33.1 Å². The van der Waals surface area contributed by atoms with Crippen molar-refractivity contribution in [1.82, 2.24) is 19.7 Å². The van der Waals surface area contributed by atoms with Gasteiger partial charge in [-0.05, 0) is 30.7 Å². The van der Waals surface area contributed by atoms with Gasteiger partial charge in [0, 0.05) is 50.2 Å². The van der Waals surface area contributed by atoms with E-state index in [1.165, 1.54) is 17.6 Å². The highest BCUT2D eigenvalue weighted by Crippen LogP contribution is 2.32. The first-order valence-electron chi connectivity index (χ1n) is 10.4. The van der Waals surface area contributed by atoms with Gasteiger partial charge in [0.25, 0.3) is 11.5 Å². The molecule has 1 atom stereocenters. The Balaban J connectivity index is 1.25. The van der Waals surface area contributed by atoms with Crippen molar-refractivity contribution in [3.05, 3.63) is 58.6 Å². The van der Waals surface area contributed by atoms with Crippen LogP contribution in [0.25, 0.3) is 10.9 Å².